The molecule has 19 heteroatoms. The van der Waals surface area contributed by atoms with Crippen LogP contribution in [0.1, 0.15) is 414 Å². The molecule has 0 amide bonds. The van der Waals surface area contributed by atoms with Crippen molar-refractivity contribution < 1.29 is 80.2 Å². The first-order valence-electron chi connectivity index (χ1n) is 42.3. The molecule has 0 aromatic carbocycles. The van der Waals surface area contributed by atoms with E-state index in [0.717, 1.165) is 115 Å². The summed E-state index contributed by atoms with van der Waals surface area (Å²) in [5.74, 6) is -0.656. The zero-order chi connectivity index (χ0) is 74.9. The fraction of sp³-hybridized carbons (Fsp3) is 0.904. The highest BCUT2D eigenvalue weighted by atomic mass is 31.2. The highest BCUT2D eigenvalue weighted by Crippen LogP contribution is 2.45. The maximum atomic E-state index is 13.1. The number of carbonyl (C=O) groups is 4. The van der Waals surface area contributed by atoms with Gasteiger partial charge in [0.2, 0.25) is 0 Å². The van der Waals surface area contributed by atoms with E-state index in [4.69, 9.17) is 37.0 Å². The van der Waals surface area contributed by atoms with Crippen molar-refractivity contribution in [3.05, 3.63) is 24.3 Å². The van der Waals surface area contributed by atoms with Crippen LogP contribution in [0.2, 0.25) is 0 Å². The Morgan fingerprint density at radius 2 is 0.529 bits per heavy atom. The normalized spacial score (nSPS) is 14.0. The third-order valence-electron chi connectivity index (χ3n) is 18.8. The molecule has 3 N–H and O–H groups in total. The summed E-state index contributed by atoms with van der Waals surface area (Å²) in [6.07, 6.45) is 67.7. The van der Waals surface area contributed by atoms with Crippen LogP contribution in [-0.4, -0.2) is 96.7 Å². The summed E-state index contributed by atoms with van der Waals surface area (Å²) in [6, 6.07) is 0. The van der Waals surface area contributed by atoms with E-state index >= 15 is 0 Å². The zero-order valence-electron chi connectivity index (χ0n) is 66.4. The summed E-state index contributed by atoms with van der Waals surface area (Å²) in [5, 5.41) is 10.6. The summed E-state index contributed by atoms with van der Waals surface area (Å²) in [7, 11) is -9.93. The average Bonchev–Trinajstić information content (AvgIpc) is 0.913. The Bertz CT molecular complexity index is 2050. The van der Waals surface area contributed by atoms with E-state index in [9.17, 15) is 43.2 Å². The number of unbranched alkanes of at least 4 members (excludes halogenated alkanes) is 47. The number of phosphoric acid groups is 2. The molecule has 0 aromatic rings. The summed E-state index contributed by atoms with van der Waals surface area (Å²) in [5.41, 5.74) is 0. The quantitative estimate of drug-likeness (QED) is 0.0169. The standard InChI is InChI=1S/C83H158O17P2/c1-7-9-11-13-15-17-19-21-23-24-25-26-31-34-38-42-46-53-59-65-80(85)93-71-78(99-82(87)67-62-56-48-44-40-36-32-28-27-30-33-37-41-45-51-57-63-75(3)4)73-97-101(89,90)95-69-77(84)70-96-102(91,92)98-74-79(72-94-81(86)66-60-54-50-49-52-58-64-76(5)6)100-83(88)68-61-55-47-43-39-35-29-22-20-18-16-14-12-10-8-2/h18,20,22,29,75-79,84H,7-17,19,21,23-28,30-74H2,1-6H3,(H,89,90)(H,91,92)/b20-18-,29-22-/t77-,78-,79-/m1/s1. The number of allylic oxidation sites excluding steroid dienone is 4. The van der Waals surface area contributed by atoms with Crippen LogP contribution in [-0.2, 0) is 65.4 Å². The van der Waals surface area contributed by atoms with Gasteiger partial charge in [-0.2, -0.15) is 0 Å². The van der Waals surface area contributed by atoms with E-state index in [2.05, 4.69) is 65.8 Å². The van der Waals surface area contributed by atoms with Crippen molar-refractivity contribution in [3.8, 4) is 0 Å². The van der Waals surface area contributed by atoms with Crippen LogP contribution in [0.5, 0.6) is 0 Å². The number of ether oxygens (including phenoxy) is 4. The molecular formula is C83H158O17P2. The number of phosphoric ester groups is 2. The first-order chi connectivity index (χ1) is 49.4. The highest BCUT2D eigenvalue weighted by molar-refractivity contribution is 7.47. The van der Waals surface area contributed by atoms with Gasteiger partial charge in [-0.1, -0.05) is 361 Å². The molecule has 0 rings (SSSR count). The maximum absolute atomic E-state index is 13.1. The number of hydrogen-bond acceptors (Lipinski definition) is 15. The van der Waals surface area contributed by atoms with Gasteiger partial charge >= 0.3 is 39.5 Å². The van der Waals surface area contributed by atoms with Gasteiger partial charge in [0.05, 0.1) is 26.4 Å². The van der Waals surface area contributed by atoms with E-state index in [1.165, 1.54) is 212 Å². The number of rotatable bonds is 80. The van der Waals surface area contributed by atoms with Crippen molar-refractivity contribution in [2.24, 2.45) is 11.8 Å². The molecule has 0 aliphatic carbocycles. The van der Waals surface area contributed by atoms with Gasteiger partial charge in [0.15, 0.2) is 12.2 Å². The average molecular weight is 1490 g/mol. The van der Waals surface area contributed by atoms with Gasteiger partial charge in [0.1, 0.15) is 19.3 Å². The molecule has 0 aromatic heterocycles. The minimum absolute atomic E-state index is 0.0842. The fourth-order valence-electron chi connectivity index (χ4n) is 12.3. The van der Waals surface area contributed by atoms with Gasteiger partial charge in [0.25, 0.3) is 0 Å². The van der Waals surface area contributed by atoms with Crippen LogP contribution < -0.4 is 0 Å². The van der Waals surface area contributed by atoms with Gasteiger partial charge < -0.3 is 33.8 Å². The van der Waals surface area contributed by atoms with Gasteiger partial charge in [-0.05, 0) is 63.2 Å². The van der Waals surface area contributed by atoms with Crippen LogP contribution >= 0.6 is 15.6 Å². The molecule has 0 radical (unpaired) electrons. The van der Waals surface area contributed by atoms with Crippen molar-refractivity contribution in [3.63, 3.8) is 0 Å². The molecule has 17 nitrogen and oxygen atoms in total. The molecule has 0 aliphatic heterocycles. The van der Waals surface area contributed by atoms with Crippen LogP contribution in [0.4, 0.5) is 0 Å². The zero-order valence-corrected chi connectivity index (χ0v) is 68.2. The predicted molar refractivity (Wildman–Crippen MR) is 418 cm³/mol. The molecule has 0 heterocycles. The Balaban J connectivity index is 5.25. The molecule has 0 spiro atoms. The Morgan fingerprint density at radius 3 is 0.804 bits per heavy atom. The van der Waals surface area contributed by atoms with Crippen LogP contribution in [0.25, 0.3) is 0 Å². The molecule has 0 aliphatic rings. The number of aliphatic hydroxyl groups is 1. The number of esters is 4. The second kappa shape index (κ2) is 74.0. The third kappa shape index (κ3) is 75.8. The Kier molecular flexibility index (Phi) is 72.2. The number of aliphatic hydroxyl groups excluding tert-OH is 1. The SMILES string of the molecule is CCCCCC/C=C\C=C/CCCCCCCC(=O)O[C@H](COC(=O)CCCCCCCCC(C)C)COP(=O)(O)OC[C@H](O)COP(=O)(O)OC[C@@H](COC(=O)CCCCCCCCCCCCCCCCCCCCC)OC(=O)CCCCCCCCCCCCCCCCCCC(C)C. The van der Waals surface area contributed by atoms with Crippen LogP contribution in [0, 0.1) is 11.8 Å². The molecule has 0 fully saturated rings. The Morgan fingerprint density at radius 1 is 0.304 bits per heavy atom. The van der Waals surface area contributed by atoms with E-state index in [-0.39, 0.29) is 25.7 Å². The van der Waals surface area contributed by atoms with Gasteiger partial charge in [-0.25, -0.2) is 9.13 Å². The summed E-state index contributed by atoms with van der Waals surface area (Å²) < 4.78 is 68.7. The highest BCUT2D eigenvalue weighted by Gasteiger charge is 2.30. The summed E-state index contributed by atoms with van der Waals surface area (Å²) in [4.78, 5) is 73.0. The lowest BCUT2D eigenvalue weighted by molar-refractivity contribution is -0.161. The third-order valence-corrected chi connectivity index (χ3v) is 20.7. The second-order valence-electron chi connectivity index (χ2n) is 30.1. The fourth-order valence-corrected chi connectivity index (χ4v) is 13.9. The van der Waals surface area contributed by atoms with Crippen molar-refractivity contribution in [2.45, 2.75) is 432 Å². The molecule has 102 heavy (non-hydrogen) atoms. The summed E-state index contributed by atoms with van der Waals surface area (Å²) in [6.45, 7) is 9.52. The van der Waals surface area contributed by atoms with Crippen molar-refractivity contribution in [2.75, 3.05) is 39.6 Å². The molecular weight excluding hydrogens is 1330 g/mol. The second-order valence-corrected chi connectivity index (χ2v) is 33.0. The summed E-state index contributed by atoms with van der Waals surface area (Å²) >= 11 is 0. The molecule has 0 saturated heterocycles. The maximum Gasteiger partial charge on any atom is 0.472 e. The molecule has 0 bridgehead atoms. The largest absolute Gasteiger partial charge is 0.472 e. The Hall–Kier alpha value is -2.46. The molecule has 5 atom stereocenters. The topological polar surface area (TPSA) is 237 Å². The van der Waals surface area contributed by atoms with Crippen molar-refractivity contribution in [1.82, 2.24) is 0 Å². The molecule has 2 unspecified atom stereocenters. The van der Waals surface area contributed by atoms with Gasteiger partial charge in [0, 0.05) is 25.7 Å². The molecule has 0 saturated carbocycles. The lowest BCUT2D eigenvalue weighted by Crippen LogP contribution is -2.30. The number of hydrogen-bond donors (Lipinski definition) is 3. The lowest BCUT2D eigenvalue weighted by Gasteiger charge is -2.21. The minimum Gasteiger partial charge on any atom is -0.462 e. The van der Waals surface area contributed by atoms with E-state index in [1.54, 1.807) is 0 Å². The van der Waals surface area contributed by atoms with Crippen LogP contribution in [0.3, 0.4) is 0 Å². The van der Waals surface area contributed by atoms with Crippen LogP contribution in [0.15, 0.2) is 24.3 Å². The van der Waals surface area contributed by atoms with Gasteiger partial charge in [-0.15, -0.1) is 0 Å². The number of carbonyl (C=O) groups excluding carboxylic acids is 4. The van der Waals surface area contributed by atoms with Crippen molar-refractivity contribution >= 4 is 39.5 Å². The van der Waals surface area contributed by atoms with Gasteiger partial charge in [-0.3, -0.25) is 37.3 Å². The molecule has 602 valence electrons. The first kappa shape index (κ1) is 99.5. The van der Waals surface area contributed by atoms with E-state index in [0.29, 0.717) is 31.6 Å². The van der Waals surface area contributed by atoms with E-state index in [1.807, 2.05) is 0 Å². The minimum atomic E-state index is -4.97. The Labute approximate surface area is 624 Å². The first-order valence-corrected chi connectivity index (χ1v) is 45.3. The van der Waals surface area contributed by atoms with E-state index < -0.39 is 97.5 Å². The smallest absolute Gasteiger partial charge is 0.462 e. The van der Waals surface area contributed by atoms with Crippen molar-refractivity contribution in [1.29, 1.82) is 0 Å². The monoisotopic (exact) mass is 1490 g/mol. The predicted octanol–water partition coefficient (Wildman–Crippen LogP) is 24.6. The lowest BCUT2D eigenvalue weighted by atomic mass is 10.0.